The molecule has 2 heterocycles. The number of fused-ring (bicyclic) bond motifs is 2. The van der Waals surface area contributed by atoms with E-state index in [9.17, 15) is 4.79 Å². The molecule has 2 aromatic carbocycles. The summed E-state index contributed by atoms with van der Waals surface area (Å²) in [5.41, 5.74) is 1.39. The molecule has 0 aliphatic carbocycles. The fraction of sp³-hybridized carbons (Fsp3) is 0.350. The zero-order valence-corrected chi connectivity index (χ0v) is 14.7. The van der Waals surface area contributed by atoms with Gasteiger partial charge in [-0.3, -0.25) is 4.79 Å². The standard InChI is InChI=1S/C20H20O6/c1-3-4-15-20(12-5-6-14-17(7-12)24-11-23-14)26-19-9-16(22-2)13(10-21)8-18(19)25-15/h5-10,15,20H,3-4,11H2,1-2H3/t15-,20-/m1/s1. The molecule has 0 radical (unpaired) electrons. The van der Waals surface area contributed by atoms with Crippen LogP contribution in [0.25, 0.3) is 0 Å². The number of aldehydes is 1. The van der Waals surface area contributed by atoms with Crippen LogP contribution in [0.1, 0.15) is 41.8 Å². The molecule has 0 unspecified atom stereocenters. The molecule has 0 saturated carbocycles. The first kappa shape index (κ1) is 16.6. The van der Waals surface area contributed by atoms with Crippen molar-refractivity contribution in [1.29, 1.82) is 0 Å². The monoisotopic (exact) mass is 356 g/mol. The van der Waals surface area contributed by atoms with Crippen LogP contribution in [0.3, 0.4) is 0 Å². The average Bonchev–Trinajstić information content (AvgIpc) is 3.14. The van der Waals surface area contributed by atoms with Gasteiger partial charge in [-0.2, -0.15) is 0 Å². The molecule has 2 atom stereocenters. The van der Waals surface area contributed by atoms with Gasteiger partial charge in [-0.25, -0.2) is 0 Å². The minimum Gasteiger partial charge on any atom is -0.496 e. The number of ether oxygens (including phenoxy) is 5. The molecule has 0 spiro atoms. The van der Waals surface area contributed by atoms with Gasteiger partial charge in [0.2, 0.25) is 6.79 Å². The molecular weight excluding hydrogens is 336 g/mol. The lowest BCUT2D eigenvalue weighted by Crippen LogP contribution is -2.33. The molecule has 2 aromatic rings. The third-order valence-corrected chi connectivity index (χ3v) is 4.59. The Morgan fingerprint density at radius 2 is 1.88 bits per heavy atom. The van der Waals surface area contributed by atoms with Crippen LogP contribution in [0.2, 0.25) is 0 Å². The maximum Gasteiger partial charge on any atom is 0.231 e. The van der Waals surface area contributed by atoms with Crippen molar-refractivity contribution in [3.05, 3.63) is 41.5 Å². The van der Waals surface area contributed by atoms with E-state index in [0.717, 1.165) is 30.4 Å². The molecular formula is C20H20O6. The lowest BCUT2D eigenvalue weighted by molar-refractivity contribution is 0.0141. The molecule has 0 N–H and O–H groups in total. The number of carbonyl (C=O) groups is 1. The number of rotatable bonds is 5. The minimum absolute atomic E-state index is 0.166. The van der Waals surface area contributed by atoms with Gasteiger partial charge < -0.3 is 23.7 Å². The Kier molecular flexibility index (Phi) is 4.32. The normalized spacial score (nSPS) is 19.9. The zero-order valence-electron chi connectivity index (χ0n) is 14.7. The molecule has 26 heavy (non-hydrogen) atoms. The minimum atomic E-state index is -0.288. The molecule has 6 heteroatoms. The number of benzene rings is 2. The number of hydrogen-bond donors (Lipinski definition) is 0. The molecule has 6 nitrogen and oxygen atoms in total. The fourth-order valence-corrected chi connectivity index (χ4v) is 3.32. The summed E-state index contributed by atoms with van der Waals surface area (Å²) in [6.07, 6.45) is 2.06. The van der Waals surface area contributed by atoms with Gasteiger partial charge in [-0.1, -0.05) is 19.4 Å². The van der Waals surface area contributed by atoms with E-state index >= 15 is 0 Å². The molecule has 0 amide bonds. The summed E-state index contributed by atoms with van der Waals surface area (Å²) in [4.78, 5) is 11.3. The smallest absolute Gasteiger partial charge is 0.231 e. The SMILES string of the molecule is CCC[C@H]1Oc2cc(C=O)c(OC)cc2O[C@@H]1c1ccc2c(c1)OCO2. The van der Waals surface area contributed by atoms with Crippen molar-refractivity contribution in [2.75, 3.05) is 13.9 Å². The highest BCUT2D eigenvalue weighted by molar-refractivity contribution is 5.81. The molecule has 136 valence electrons. The van der Waals surface area contributed by atoms with E-state index in [2.05, 4.69) is 6.92 Å². The van der Waals surface area contributed by atoms with Crippen molar-refractivity contribution in [1.82, 2.24) is 0 Å². The number of methoxy groups -OCH3 is 1. The van der Waals surface area contributed by atoms with Crippen LogP contribution in [0, 0.1) is 0 Å². The summed E-state index contributed by atoms with van der Waals surface area (Å²) >= 11 is 0. The van der Waals surface area contributed by atoms with Crippen molar-refractivity contribution < 1.29 is 28.5 Å². The fourth-order valence-electron chi connectivity index (χ4n) is 3.32. The van der Waals surface area contributed by atoms with Gasteiger partial charge >= 0.3 is 0 Å². The average molecular weight is 356 g/mol. The van der Waals surface area contributed by atoms with Crippen LogP contribution in [0.15, 0.2) is 30.3 Å². The van der Waals surface area contributed by atoms with Gasteiger partial charge in [0.15, 0.2) is 35.4 Å². The highest BCUT2D eigenvalue weighted by Gasteiger charge is 2.34. The van der Waals surface area contributed by atoms with Crippen molar-refractivity contribution >= 4 is 6.29 Å². The van der Waals surface area contributed by atoms with Crippen LogP contribution in [-0.4, -0.2) is 26.3 Å². The van der Waals surface area contributed by atoms with Crippen LogP contribution in [0.5, 0.6) is 28.7 Å². The van der Waals surface area contributed by atoms with Gasteiger partial charge in [-0.15, -0.1) is 0 Å². The maximum atomic E-state index is 11.3. The lowest BCUT2D eigenvalue weighted by Gasteiger charge is -2.34. The predicted molar refractivity (Wildman–Crippen MR) is 93.6 cm³/mol. The van der Waals surface area contributed by atoms with E-state index in [4.69, 9.17) is 23.7 Å². The van der Waals surface area contributed by atoms with Gasteiger partial charge in [-0.05, 0) is 24.6 Å². The summed E-state index contributed by atoms with van der Waals surface area (Å²) < 4.78 is 28.6. The molecule has 0 fully saturated rings. The first-order valence-electron chi connectivity index (χ1n) is 8.63. The van der Waals surface area contributed by atoms with Crippen molar-refractivity contribution in [3.63, 3.8) is 0 Å². The Hall–Kier alpha value is -2.89. The summed E-state index contributed by atoms with van der Waals surface area (Å²) in [6, 6.07) is 9.14. The highest BCUT2D eigenvalue weighted by atomic mass is 16.7. The van der Waals surface area contributed by atoms with Crippen LogP contribution in [0.4, 0.5) is 0 Å². The first-order valence-corrected chi connectivity index (χ1v) is 8.63. The summed E-state index contributed by atoms with van der Waals surface area (Å²) in [5, 5.41) is 0. The van der Waals surface area contributed by atoms with Crippen molar-refractivity contribution in [2.45, 2.75) is 32.0 Å². The van der Waals surface area contributed by atoms with Gasteiger partial charge in [0.1, 0.15) is 11.9 Å². The van der Waals surface area contributed by atoms with E-state index in [1.807, 2.05) is 18.2 Å². The second-order valence-electron chi connectivity index (χ2n) is 6.25. The Bertz CT molecular complexity index is 831. The molecule has 2 aliphatic rings. The third kappa shape index (κ3) is 2.81. The molecule has 2 aliphatic heterocycles. The van der Waals surface area contributed by atoms with E-state index in [1.54, 1.807) is 12.1 Å². The predicted octanol–water partition coefficient (Wildman–Crippen LogP) is 3.92. The number of hydrogen-bond acceptors (Lipinski definition) is 6. The maximum absolute atomic E-state index is 11.3. The van der Waals surface area contributed by atoms with E-state index < -0.39 is 0 Å². The van der Waals surface area contributed by atoms with E-state index in [1.165, 1.54) is 7.11 Å². The molecule has 0 bridgehead atoms. The van der Waals surface area contributed by atoms with Crippen LogP contribution < -0.4 is 23.7 Å². The second-order valence-corrected chi connectivity index (χ2v) is 6.25. The van der Waals surface area contributed by atoms with Crippen LogP contribution in [-0.2, 0) is 0 Å². The molecule has 0 saturated heterocycles. The highest BCUT2D eigenvalue weighted by Crippen LogP contribution is 2.45. The third-order valence-electron chi connectivity index (χ3n) is 4.59. The van der Waals surface area contributed by atoms with Crippen molar-refractivity contribution in [3.8, 4) is 28.7 Å². The summed E-state index contributed by atoms with van der Waals surface area (Å²) in [7, 11) is 1.52. The summed E-state index contributed by atoms with van der Waals surface area (Å²) in [6.45, 7) is 2.33. The topological polar surface area (TPSA) is 63.2 Å². The number of carbonyl (C=O) groups excluding carboxylic acids is 1. The quantitative estimate of drug-likeness (QED) is 0.757. The lowest BCUT2D eigenvalue weighted by atomic mass is 9.98. The Morgan fingerprint density at radius 1 is 1.08 bits per heavy atom. The first-order chi connectivity index (χ1) is 12.7. The van der Waals surface area contributed by atoms with Crippen LogP contribution >= 0.6 is 0 Å². The Morgan fingerprint density at radius 3 is 2.65 bits per heavy atom. The van der Waals surface area contributed by atoms with E-state index in [-0.39, 0.29) is 19.0 Å². The van der Waals surface area contributed by atoms with E-state index in [0.29, 0.717) is 28.6 Å². The molecule has 4 rings (SSSR count). The van der Waals surface area contributed by atoms with Gasteiger partial charge in [0, 0.05) is 11.6 Å². The zero-order chi connectivity index (χ0) is 18.1. The van der Waals surface area contributed by atoms with Crippen molar-refractivity contribution in [2.24, 2.45) is 0 Å². The largest absolute Gasteiger partial charge is 0.496 e. The van der Waals surface area contributed by atoms with Gasteiger partial charge in [0.25, 0.3) is 0 Å². The second kappa shape index (κ2) is 6.78. The molecule has 0 aromatic heterocycles. The Balaban J connectivity index is 1.72. The van der Waals surface area contributed by atoms with Gasteiger partial charge in [0.05, 0.1) is 12.7 Å². The summed E-state index contributed by atoms with van der Waals surface area (Å²) in [5.74, 6) is 3.02. The Labute approximate surface area is 151 Å².